The van der Waals surface area contributed by atoms with Crippen molar-refractivity contribution in [2.24, 2.45) is 0 Å². The van der Waals surface area contributed by atoms with Crippen molar-refractivity contribution in [2.75, 3.05) is 0 Å². The van der Waals surface area contributed by atoms with Gasteiger partial charge in [0.2, 0.25) is 0 Å². The van der Waals surface area contributed by atoms with Crippen molar-refractivity contribution < 1.29 is 0 Å². The fraction of sp³-hybridized carbons (Fsp3) is 0. The molecular weight excluding hydrogens is 585 g/mol. The summed E-state index contributed by atoms with van der Waals surface area (Å²) >= 11 is 0. The van der Waals surface area contributed by atoms with Crippen LogP contribution in [0.2, 0.25) is 0 Å². The van der Waals surface area contributed by atoms with Crippen LogP contribution < -0.4 is 0 Å². The van der Waals surface area contributed by atoms with E-state index in [1.807, 2.05) is 30.3 Å². The Balaban J connectivity index is 1.20. The highest BCUT2D eigenvalue weighted by atomic mass is 15.5. The maximum Gasteiger partial charge on any atom is 0.121 e. The first kappa shape index (κ1) is 25.6. The van der Waals surface area contributed by atoms with Gasteiger partial charge < -0.3 is 4.57 Å². The Morgan fingerprint density at radius 2 is 1.08 bits per heavy atom. The normalized spacial score (nSPS) is 12.2. The molecule has 0 N–H and O–H groups in total. The summed E-state index contributed by atoms with van der Waals surface area (Å²) in [7, 11) is 0. The third-order valence-electron chi connectivity index (χ3n) is 10.1. The molecule has 0 amide bonds. The molecule has 0 saturated heterocycles. The fourth-order valence-electron chi connectivity index (χ4n) is 8.04. The molecule has 0 saturated carbocycles. The van der Waals surface area contributed by atoms with Gasteiger partial charge in [0, 0.05) is 21.7 Å². The number of benzene rings is 8. The Kier molecular flexibility index (Phi) is 5.08. The third kappa shape index (κ3) is 3.43. The minimum atomic E-state index is 0.879. The van der Waals surface area contributed by atoms with Gasteiger partial charge in [-0.2, -0.15) is 4.80 Å². The van der Waals surface area contributed by atoms with Gasteiger partial charge in [-0.1, -0.05) is 115 Å². The maximum atomic E-state index is 4.97. The second-order valence-electron chi connectivity index (χ2n) is 12.7. The van der Waals surface area contributed by atoms with Crippen LogP contribution in [0.25, 0.3) is 99.1 Å². The molecule has 0 unspecified atom stereocenters. The quantitative estimate of drug-likeness (QED) is 0.199. The first-order valence-electron chi connectivity index (χ1n) is 16.4. The zero-order chi connectivity index (χ0) is 31.3. The van der Waals surface area contributed by atoms with Gasteiger partial charge in [0.1, 0.15) is 11.0 Å². The SMILES string of the molecule is c1ccc(-n2nc3ccc4ccc(-c5ccccc5-n5c6cccc7c6c6c8c(cccc8ccc65)-c5ccccc5-7)cc4c3n2)cc1. The van der Waals surface area contributed by atoms with Crippen LogP contribution >= 0.6 is 0 Å². The van der Waals surface area contributed by atoms with Crippen LogP contribution in [0.5, 0.6) is 0 Å². The Labute approximate surface area is 275 Å². The van der Waals surface area contributed by atoms with Crippen molar-refractivity contribution in [3.8, 4) is 44.8 Å². The zero-order valence-corrected chi connectivity index (χ0v) is 25.8. The van der Waals surface area contributed by atoms with E-state index in [9.17, 15) is 0 Å². The van der Waals surface area contributed by atoms with E-state index in [0.29, 0.717) is 0 Å². The van der Waals surface area contributed by atoms with Crippen molar-refractivity contribution >= 4 is 54.4 Å². The predicted molar refractivity (Wildman–Crippen MR) is 198 cm³/mol. The smallest absolute Gasteiger partial charge is 0.121 e. The fourth-order valence-corrected chi connectivity index (χ4v) is 8.04. The van der Waals surface area contributed by atoms with Gasteiger partial charge in [-0.05, 0) is 86.4 Å². The van der Waals surface area contributed by atoms with E-state index < -0.39 is 0 Å². The molecule has 222 valence electrons. The van der Waals surface area contributed by atoms with Crippen molar-refractivity contribution in [3.05, 3.63) is 158 Å². The van der Waals surface area contributed by atoms with Crippen LogP contribution in [0, 0.1) is 0 Å². The van der Waals surface area contributed by atoms with Gasteiger partial charge in [0.15, 0.2) is 0 Å². The van der Waals surface area contributed by atoms with E-state index >= 15 is 0 Å². The van der Waals surface area contributed by atoms with Crippen LogP contribution in [-0.2, 0) is 0 Å². The van der Waals surface area contributed by atoms with Gasteiger partial charge in [0.05, 0.1) is 22.4 Å². The molecule has 11 rings (SSSR count). The highest BCUT2D eigenvalue weighted by Crippen LogP contribution is 2.50. The molecule has 0 fully saturated rings. The molecule has 0 atom stereocenters. The van der Waals surface area contributed by atoms with Crippen LogP contribution in [0.1, 0.15) is 0 Å². The van der Waals surface area contributed by atoms with E-state index in [0.717, 1.165) is 38.7 Å². The number of rotatable bonds is 3. The summed E-state index contributed by atoms with van der Waals surface area (Å²) in [5, 5.41) is 17.2. The monoisotopic (exact) mass is 610 g/mol. The lowest BCUT2D eigenvalue weighted by Crippen LogP contribution is -1.98. The van der Waals surface area contributed by atoms with Gasteiger partial charge in [-0.25, -0.2) is 0 Å². The summed E-state index contributed by atoms with van der Waals surface area (Å²) in [4.78, 5) is 1.74. The predicted octanol–water partition coefficient (Wildman–Crippen LogP) is 11.1. The number of para-hydroxylation sites is 2. The molecule has 0 aliphatic heterocycles. The van der Waals surface area contributed by atoms with E-state index in [1.54, 1.807) is 4.80 Å². The van der Waals surface area contributed by atoms with Crippen molar-refractivity contribution in [2.45, 2.75) is 0 Å². The summed E-state index contributed by atoms with van der Waals surface area (Å²) in [6, 6.07) is 56.8. The van der Waals surface area contributed by atoms with Gasteiger partial charge in [-0.3, -0.25) is 0 Å². The summed E-state index contributed by atoms with van der Waals surface area (Å²) in [5.41, 5.74) is 13.8. The Morgan fingerprint density at radius 3 is 1.94 bits per heavy atom. The summed E-state index contributed by atoms with van der Waals surface area (Å²) in [6.45, 7) is 0. The Bertz CT molecular complexity index is 2950. The van der Waals surface area contributed by atoms with Crippen molar-refractivity contribution in [3.63, 3.8) is 0 Å². The Morgan fingerprint density at radius 1 is 0.417 bits per heavy atom. The summed E-state index contributed by atoms with van der Waals surface area (Å²) in [6.07, 6.45) is 0. The molecule has 2 aromatic heterocycles. The van der Waals surface area contributed by atoms with E-state index in [1.165, 1.54) is 60.4 Å². The van der Waals surface area contributed by atoms with Gasteiger partial charge in [0.25, 0.3) is 0 Å². The largest absolute Gasteiger partial charge is 0.309 e. The van der Waals surface area contributed by atoms with Gasteiger partial charge in [-0.15, -0.1) is 10.2 Å². The second kappa shape index (κ2) is 9.50. The van der Waals surface area contributed by atoms with Crippen molar-refractivity contribution in [1.82, 2.24) is 19.6 Å². The highest BCUT2D eigenvalue weighted by Gasteiger charge is 2.25. The molecule has 8 aromatic carbocycles. The second-order valence-corrected chi connectivity index (χ2v) is 12.7. The molecule has 48 heavy (non-hydrogen) atoms. The number of hydrogen-bond acceptors (Lipinski definition) is 2. The standard InChI is InChI=1S/C44H26N4/c1-2-11-30(12-3-1)48-45-37-24-22-27-20-21-29(26-36(27)44(37)46-48)31-13-6-7-18-38(31)47-39-19-9-17-35-33-15-5-4-14-32(33)34-16-8-10-28-23-25-40(47)43(41(28)34)42(35)39/h1-26H. The van der Waals surface area contributed by atoms with E-state index in [-0.39, 0.29) is 0 Å². The first-order valence-corrected chi connectivity index (χ1v) is 16.4. The van der Waals surface area contributed by atoms with Crippen LogP contribution in [0.15, 0.2) is 158 Å². The lowest BCUT2D eigenvalue weighted by Gasteiger charge is -2.16. The molecule has 4 heteroatoms. The molecular formula is C44H26N4. The van der Waals surface area contributed by atoms with Crippen LogP contribution in [-0.4, -0.2) is 19.6 Å². The first-order chi connectivity index (χ1) is 23.8. The van der Waals surface area contributed by atoms with E-state index in [2.05, 4.69) is 132 Å². The molecule has 0 radical (unpaired) electrons. The summed E-state index contributed by atoms with van der Waals surface area (Å²) < 4.78 is 2.48. The number of nitrogens with zero attached hydrogens (tertiary/aromatic N) is 4. The minimum absolute atomic E-state index is 0.879. The number of hydrogen-bond donors (Lipinski definition) is 0. The highest BCUT2D eigenvalue weighted by molar-refractivity contribution is 6.30. The molecule has 2 heterocycles. The molecule has 0 spiro atoms. The lowest BCUT2D eigenvalue weighted by atomic mass is 9.93. The topological polar surface area (TPSA) is 35.6 Å². The summed E-state index contributed by atoms with van der Waals surface area (Å²) in [5.74, 6) is 0. The average molecular weight is 611 g/mol. The minimum Gasteiger partial charge on any atom is -0.309 e. The van der Waals surface area contributed by atoms with Gasteiger partial charge >= 0.3 is 0 Å². The molecule has 4 nitrogen and oxygen atoms in total. The van der Waals surface area contributed by atoms with Crippen LogP contribution in [0.3, 0.4) is 0 Å². The number of aromatic nitrogens is 4. The Hall–Kier alpha value is -6.52. The molecule has 10 aromatic rings. The van der Waals surface area contributed by atoms with Crippen molar-refractivity contribution in [1.29, 1.82) is 0 Å². The molecule has 1 aliphatic carbocycles. The average Bonchev–Trinajstić information content (AvgIpc) is 3.71. The maximum absolute atomic E-state index is 4.97. The third-order valence-corrected chi connectivity index (χ3v) is 10.1. The molecule has 0 bridgehead atoms. The molecule has 1 aliphatic rings. The van der Waals surface area contributed by atoms with Crippen LogP contribution in [0.4, 0.5) is 0 Å². The lowest BCUT2D eigenvalue weighted by molar-refractivity contribution is 0.766. The van der Waals surface area contributed by atoms with E-state index in [4.69, 9.17) is 10.2 Å². The number of fused-ring (bicyclic) bond motifs is 6. The zero-order valence-electron chi connectivity index (χ0n) is 25.8.